The lowest BCUT2D eigenvalue weighted by Crippen LogP contribution is -2.34. The Kier molecular flexibility index (Phi) is 6.83. The van der Waals surface area contributed by atoms with Crippen molar-refractivity contribution in [2.75, 3.05) is 25.0 Å². The van der Waals surface area contributed by atoms with Gasteiger partial charge in [-0.3, -0.25) is 9.59 Å². The molecule has 0 spiro atoms. The first-order valence-corrected chi connectivity index (χ1v) is 8.49. The highest BCUT2D eigenvalue weighted by atomic mass is 35.5. The molecular weight excluding hydrogens is 340 g/mol. The van der Waals surface area contributed by atoms with Crippen molar-refractivity contribution in [3.05, 3.63) is 59.1 Å². The van der Waals surface area contributed by atoms with Gasteiger partial charge in [-0.2, -0.15) is 0 Å². The van der Waals surface area contributed by atoms with Crippen LogP contribution in [0, 0.1) is 0 Å². The van der Waals surface area contributed by atoms with Gasteiger partial charge in [0.05, 0.1) is 10.6 Å². The number of benzene rings is 2. The number of nitrogens with zero attached hydrogens (tertiary/aromatic N) is 1. The monoisotopic (exact) mass is 360 g/mol. The van der Waals surface area contributed by atoms with E-state index >= 15 is 0 Å². The molecular formula is C19H21ClN2O3. The fraction of sp³-hybridized carbons (Fsp3) is 0.263. The molecule has 2 rings (SSSR count). The Labute approximate surface area is 152 Å². The number of anilines is 1. The van der Waals surface area contributed by atoms with Crippen molar-refractivity contribution in [1.29, 1.82) is 0 Å². The summed E-state index contributed by atoms with van der Waals surface area (Å²) in [5, 5.41) is 3.16. The number of likely N-dealkylation sites (N-methyl/N-ethyl adjacent to an activating group) is 1. The molecule has 2 amide bonds. The largest absolute Gasteiger partial charge is 0.484 e. The van der Waals surface area contributed by atoms with Gasteiger partial charge in [-0.25, -0.2) is 0 Å². The van der Waals surface area contributed by atoms with Crippen molar-refractivity contribution in [1.82, 2.24) is 4.90 Å². The second-order valence-electron chi connectivity index (χ2n) is 5.32. The summed E-state index contributed by atoms with van der Waals surface area (Å²) in [6.45, 7) is 5.10. The number of hydrogen-bond donors (Lipinski definition) is 1. The standard InChI is InChI=1S/C19H21ClN2O3/c1-3-22(4-2)18(23)13-25-15-9-7-8-14(12-15)21-19(24)16-10-5-6-11-17(16)20/h5-12H,3-4,13H2,1-2H3,(H,21,24). The Morgan fingerprint density at radius 2 is 1.80 bits per heavy atom. The first-order valence-electron chi connectivity index (χ1n) is 8.11. The highest BCUT2D eigenvalue weighted by Crippen LogP contribution is 2.20. The third kappa shape index (κ3) is 5.22. The van der Waals surface area contributed by atoms with Gasteiger partial charge < -0.3 is 15.0 Å². The molecule has 0 radical (unpaired) electrons. The van der Waals surface area contributed by atoms with E-state index in [1.54, 1.807) is 53.4 Å². The Balaban J connectivity index is 2.00. The Morgan fingerprint density at radius 1 is 1.08 bits per heavy atom. The molecule has 0 aliphatic heterocycles. The molecule has 0 bridgehead atoms. The topological polar surface area (TPSA) is 58.6 Å². The van der Waals surface area contributed by atoms with E-state index in [9.17, 15) is 9.59 Å². The van der Waals surface area contributed by atoms with Gasteiger partial charge in [-0.1, -0.05) is 29.8 Å². The molecule has 0 aliphatic rings. The lowest BCUT2D eigenvalue weighted by Gasteiger charge is -2.18. The molecule has 0 aliphatic carbocycles. The van der Waals surface area contributed by atoms with E-state index in [0.29, 0.717) is 35.1 Å². The number of ether oxygens (including phenoxy) is 1. The third-order valence-electron chi connectivity index (χ3n) is 3.69. The maximum atomic E-state index is 12.3. The third-order valence-corrected chi connectivity index (χ3v) is 4.02. The van der Waals surface area contributed by atoms with Crippen molar-refractivity contribution in [2.24, 2.45) is 0 Å². The van der Waals surface area contributed by atoms with Crippen LogP contribution in [0.2, 0.25) is 5.02 Å². The maximum absolute atomic E-state index is 12.3. The van der Waals surface area contributed by atoms with Crippen molar-refractivity contribution < 1.29 is 14.3 Å². The summed E-state index contributed by atoms with van der Waals surface area (Å²) < 4.78 is 5.54. The summed E-state index contributed by atoms with van der Waals surface area (Å²) in [5.74, 6) is 0.134. The Hall–Kier alpha value is -2.53. The minimum Gasteiger partial charge on any atom is -0.484 e. The molecule has 0 atom stereocenters. The van der Waals surface area contributed by atoms with Crippen LogP contribution in [0.5, 0.6) is 5.75 Å². The molecule has 6 heteroatoms. The summed E-state index contributed by atoms with van der Waals surface area (Å²) in [5.41, 5.74) is 0.963. The van der Waals surface area contributed by atoms with E-state index in [1.807, 2.05) is 13.8 Å². The number of hydrogen-bond acceptors (Lipinski definition) is 3. The molecule has 1 N–H and O–H groups in total. The van der Waals surface area contributed by atoms with Gasteiger partial charge in [-0.05, 0) is 38.1 Å². The zero-order valence-corrected chi connectivity index (χ0v) is 15.0. The van der Waals surface area contributed by atoms with Gasteiger partial charge in [0.1, 0.15) is 5.75 Å². The van der Waals surface area contributed by atoms with Gasteiger partial charge >= 0.3 is 0 Å². The summed E-state index contributed by atoms with van der Waals surface area (Å²) >= 11 is 6.03. The summed E-state index contributed by atoms with van der Waals surface area (Å²) in [7, 11) is 0. The van der Waals surface area contributed by atoms with Crippen molar-refractivity contribution >= 4 is 29.1 Å². The van der Waals surface area contributed by atoms with Crippen molar-refractivity contribution in [2.45, 2.75) is 13.8 Å². The van der Waals surface area contributed by atoms with Crippen LogP contribution in [0.15, 0.2) is 48.5 Å². The second-order valence-corrected chi connectivity index (χ2v) is 5.72. The van der Waals surface area contributed by atoms with Crippen LogP contribution in [-0.4, -0.2) is 36.4 Å². The van der Waals surface area contributed by atoms with E-state index < -0.39 is 0 Å². The zero-order chi connectivity index (χ0) is 18.2. The normalized spacial score (nSPS) is 10.2. The average Bonchev–Trinajstić information content (AvgIpc) is 2.61. The molecule has 25 heavy (non-hydrogen) atoms. The molecule has 0 heterocycles. The highest BCUT2D eigenvalue weighted by molar-refractivity contribution is 6.34. The van der Waals surface area contributed by atoms with Crippen LogP contribution in [0.25, 0.3) is 0 Å². The molecule has 5 nitrogen and oxygen atoms in total. The quantitative estimate of drug-likeness (QED) is 0.816. The van der Waals surface area contributed by atoms with E-state index in [0.717, 1.165) is 0 Å². The number of nitrogens with one attached hydrogen (secondary N) is 1. The van der Waals surface area contributed by atoms with Gasteiger partial charge in [0.25, 0.3) is 11.8 Å². The maximum Gasteiger partial charge on any atom is 0.260 e. The van der Waals surface area contributed by atoms with Crippen LogP contribution in [0.1, 0.15) is 24.2 Å². The molecule has 2 aromatic rings. The number of rotatable bonds is 7. The van der Waals surface area contributed by atoms with Crippen molar-refractivity contribution in [3.63, 3.8) is 0 Å². The van der Waals surface area contributed by atoms with Gasteiger partial charge in [0.15, 0.2) is 6.61 Å². The second kappa shape index (κ2) is 9.08. The number of halogens is 1. The summed E-state index contributed by atoms with van der Waals surface area (Å²) in [6.07, 6.45) is 0. The van der Waals surface area contributed by atoms with Crippen LogP contribution >= 0.6 is 11.6 Å². The molecule has 0 saturated carbocycles. The average molecular weight is 361 g/mol. The van der Waals surface area contributed by atoms with Crippen LogP contribution in [0.3, 0.4) is 0 Å². The molecule has 0 saturated heterocycles. The summed E-state index contributed by atoms with van der Waals surface area (Å²) in [6, 6.07) is 13.7. The van der Waals surface area contributed by atoms with Crippen LogP contribution in [0.4, 0.5) is 5.69 Å². The summed E-state index contributed by atoms with van der Waals surface area (Å²) in [4.78, 5) is 26.0. The molecule has 132 valence electrons. The molecule has 0 unspecified atom stereocenters. The smallest absolute Gasteiger partial charge is 0.260 e. The lowest BCUT2D eigenvalue weighted by atomic mass is 10.2. The Bertz CT molecular complexity index is 745. The van der Waals surface area contributed by atoms with E-state index in [-0.39, 0.29) is 18.4 Å². The van der Waals surface area contributed by atoms with E-state index in [1.165, 1.54) is 0 Å². The number of carbonyl (C=O) groups is 2. The van der Waals surface area contributed by atoms with Gasteiger partial charge in [0.2, 0.25) is 0 Å². The van der Waals surface area contributed by atoms with Crippen LogP contribution in [-0.2, 0) is 4.79 Å². The fourth-order valence-electron chi connectivity index (χ4n) is 2.32. The van der Waals surface area contributed by atoms with Crippen molar-refractivity contribution in [3.8, 4) is 5.75 Å². The molecule has 2 aromatic carbocycles. The van der Waals surface area contributed by atoms with Crippen LogP contribution < -0.4 is 10.1 Å². The predicted octanol–water partition coefficient (Wildman–Crippen LogP) is 3.84. The predicted molar refractivity (Wildman–Crippen MR) is 99.3 cm³/mol. The lowest BCUT2D eigenvalue weighted by molar-refractivity contribution is -0.132. The SMILES string of the molecule is CCN(CC)C(=O)COc1cccc(NC(=O)c2ccccc2Cl)c1. The zero-order valence-electron chi connectivity index (χ0n) is 14.3. The van der Waals surface area contributed by atoms with E-state index in [4.69, 9.17) is 16.3 Å². The first kappa shape index (κ1) is 18.8. The molecule has 0 fully saturated rings. The van der Waals surface area contributed by atoms with Gasteiger partial charge in [-0.15, -0.1) is 0 Å². The minimum absolute atomic E-state index is 0.0381. The Morgan fingerprint density at radius 3 is 2.48 bits per heavy atom. The number of carbonyl (C=O) groups excluding carboxylic acids is 2. The van der Waals surface area contributed by atoms with Gasteiger partial charge in [0, 0.05) is 24.8 Å². The highest BCUT2D eigenvalue weighted by Gasteiger charge is 2.12. The first-order chi connectivity index (χ1) is 12.0. The fourth-order valence-corrected chi connectivity index (χ4v) is 2.54. The van der Waals surface area contributed by atoms with E-state index in [2.05, 4.69) is 5.32 Å². The minimum atomic E-state index is -0.304. The molecule has 0 aromatic heterocycles. The number of amides is 2.